The zero-order chi connectivity index (χ0) is 25.7. The second kappa shape index (κ2) is 9.41. The third kappa shape index (κ3) is 4.44. The van der Waals surface area contributed by atoms with Gasteiger partial charge in [-0.3, -0.25) is 14.3 Å². The highest BCUT2D eigenvalue weighted by Crippen LogP contribution is 2.41. The Labute approximate surface area is 215 Å². The summed E-state index contributed by atoms with van der Waals surface area (Å²) in [6.07, 6.45) is 4.42. The average molecular weight is 510 g/mol. The van der Waals surface area contributed by atoms with Gasteiger partial charge in [-0.25, -0.2) is 0 Å². The number of rotatable bonds is 6. The number of nitrogens with one attached hydrogen (secondary N) is 1. The van der Waals surface area contributed by atoms with E-state index < -0.39 is 0 Å². The first-order valence-electron chi connectivity index (χ1n) is 12.4. The van der Waals surface area contributed by atoms with Gasteiger partial charge in [-0.2, -0.15) is 5.10 Å². The number of likely N-dealkylation sites (N-methyl/N-ethyl adjacent to an activating group) is 1. The highest BCUT2D eigenvalue weighted by Gasteiger charge is 2.33. The van der Waals surface area contributed by atoms with Crippen molar-refractivity contribution in [1.82, 2.24) is 24.6 Å². The van der Waals surface area contributed by atoms with Crippen LogP contribution in [0.3, 0.4) is 0 Å². The minimum absolute atomic E-state index is 0.106. The summed E-state index contributed by atoms with van der Waals surface area (Å²) in [5.41, 5.74) is 5.31. The van der Waals surface area contributed by atoms with Crippen LogP contribution in [0.25, 0.3) is 11.1 Å². The lowest BCUT2D eigenvalue weighted by atomic mass is 9.90. The Morgan fingerprint density at radius 2 is 1.97 bits per heavy atom. The number of amides is 1. The van der Waals surface area contributed by atoms with Gasteiger partial charge in [0, 0.05) is 42.7 Å². The maximum Gasteiger partial charge on any atom is 0.256 e. The smallest absolute Gasteiger partial charge is 0.256 e. The number of nitrogens with zero attached hydrogens (tertiary/aromatic N) is 4. The molecule has 1 N–H and O–H groups in total. The molecule has 0 spiro atoms. The molecule has 0 saturated carbocycles. The van der Waals surface area contributed by atoms with Crippen LogP contribution in [-0.4, -0.2) is 63.3 Å². The van der Waals surface area contributed by atoms with Crippen molar-refractivity contribution in [1.29, 1.82) is 0 Å². The number of ether oxygens (including phenoxy) is 1. The van der Waals surface area contributed by atoms with Gasteiger partial charge in [0.05, 0.1) is 35.5 Å². The predicted molar refractivity (Wildman–Crippen MR) is 140 cm³/mol. The summed E-state index contributed by atoms with van der Waals surface area (Å²) in [5.74, 6) is 0.292. The van der Waals surface area contributed by atoms with Gasteiger partial charge in [-0.15, -0.1) is 0 Å². The first-order valence-corrected chi connectivity index (χ1v) is 12.7. The van der Waals surface area contributed by atoms with Crippen molar-refractivity contribution in [2.45, 2.75) is 52.8 Å². The number of aryl methyl sites for hydroxylation is 2. The molecule has 8 nitrogen and oxygen atoms in total. The number of aromatic amines is 1. The summed E-state index contributed by atoms with van der Waals surface area (Å²) in [6.45, 7) is 10.3. The van der Waals surface area contributed by atoms with E-state index in [2.05, 4.69) is 22.0 Å². The minimum atomic E-state index is -0.191. The molecule has 1 saturated heterocycles. The summed E-state index contributed by atoms with van der Waals surface area (Å²) in [4.78, 5) is 33.2. The van der Waals surface area contributed by atoms with Gasteiger partial charge in [0.25, 0.3) is 11.5 Å². The molecule has 0 radical (unpaired) electrons. The fourth-order valence-corrected chi connectivity index (χ4v) is 5.48. The molecule has 2 aliphatic heterocycles. The van der Waals surface area contributed by atoms with E-state index in [0.29, 0.717) is 40.9 Å². The summed E-state index contributed by atoms with van der Waals surface area (Å²) >= 11 is 6.81. The van der Waals surface area contributed by atoms with Crippen molar-refractivity contribution in [3.05, 3.63) is 67.9 Å². The Hall–Kier alpha value is -3.10. The monoisotopic (exact) mass is 509 g/mol. The number of fused-ring (bicyclic) bond motifs is 1. The SMILES string of the molecule is Cc1cc(C)c(CN2CCc3c(-c4cnn(C5CN(C)C5)c4)cc(OC(C)C)c(Cl)c3C2=O)c(=O)[nH]1. The van der Waals surface area contributed by atoms with Crippen LogP contribution in [0.1, 0.15) is 52.6 Å². The van der Waals surface area contributed by atoms with Crippen molar-refractivity contribution in [2.24, 2.45) is 0 Å². The number of aromatic nitrogens is 3. The molecule has 1 aromatic carbocycles. The Morgan fingerprint density at radius 1 is 1.22 bits per heavy atom. The molecular formula is C27H32ClN5O3. The third-order valence-corrected chi connectivity index (χ3v) is 7.38. The van der Waals surface area contributed by atoms with E-state index >= 15 is 0 Å². The quantitative estimate of drug-likeness (QED) is 0.543. The van der Waals surface area contributed by atoms with Crippen LogP contribution in [0.15, 0.2) is 29.3 Å². The minimum Gasteiger partial charge on any atom is -0.489 e. The number of halogens is 1. The van der Waals surface area contributed by atoms with Crippen LogP contribution in [-0.2, 0) is 13.0 Å². The van der Waals surface area contributed by atoms with Crippen molar-refractivity contribution in [3.63, 3.8) is 0 Å². The molecule has 1 amide bonds. The molecule has 3 aromatic rings. The lowest BCUT2D eigenvalue weighted by Gasteiger charge is -2.36. The molecule has 0 unspecified atom stereocenters. The summed E-state index contributed by atoms with van der Waals surface area (Å²) < 4.78 is 8.04. The molecule has 0 aliphatic carbocycles. The van der Waals surface area contributed by atoms with E-state index in [1.165, 1.54) is 0 Å². The first-order chi connectivity index (χ1) is 17.1. The van der Waals surface area contributed by atoms with E-state index in [-0.39, 0.29) is 24.1 Å². The highest BCUT2D eigenvalue weighted by molar-refractivity contribution is 6.35. The molecule has 2 aliphatic rings. The zero-order valence-electron chi connectivity index (χ0n) is 21.4. The van der Waals surface area contributed by atoms with Crippen molar-refractivity contribution < 1.29 is 9.53 Å². The summed E-state index contributed by atoms with van der Waals surface area (Å²) in [6, 6.07) is 4.22. The number of carbonyl (C=O) groups is 1. The van der Waals surface area contributed by atoms with Gasteiger partial charge < -0.3 is 19.5 Å². The van der Waals surface area contributed by atoms with Gasteiger partial charge in [0.15, 0.2) is 0 Å². The Kier molecular flexibility index (Phi) is 6.43. The van der Waals surface area contributed by atoms with E-state index in [1.54, 1.807) is 4.90 Å². The lowest BCUT2D eigenvalue weighted by Crippen LogP contribution is -2.45. The number of benzene rings is 1. The number of pyridine rings is 1. The van der Waals surface area contributed by atoms with Crippen LogP contribution in [0.4, 0.5) is 0 Å². The standard InChI is InChI=1S/C27H32ClN5O3/c1-15(2)36-23-9-21(18-10-29-33(11-18)19-12-31(5)13-19)20-6-7-32(27(35)24(20)25(23)28)14-22-16(3)8-17(4)30-26(22)34/h8-11,15,19H,6-7,12-14H2,1-5H3,(H,30,34). The van der Waals surface area contributed by atoms with Gasteiger partial charge >= 0.3 is 0 Å². The first kappa shape index (κ1) is 24.6. The molecule has 1 fully saturated rings. The van der Waals surface area contributed by atoms with Gasteiger partial charge in [-0.05, 0) is 70.0 Å². The fourth-order valence-electron chi connectivity index (χ4n) is 5.19. The topological polar surface area (TPSA) is 83.5 Å². The van der Waals surface area contributed by atoms with Crippen LogP contribution in [0.5, 0.6) is 5.75 Å². The van der Waals surface area contributed by atoms with Gasteiger partial charge in [0.2, 0.25) is 0 Å². The second-order valence-electron chi connectivity index (χ2n) is 10.3. The predicted octanol–water partition coefficient (Wildman–Crippen LogP) is 3.98. The number of H-pyrrole nitrogens is 1. The average Bonchev–Trinajstić information content (AvgIpc) is 3.26. The Bertz CT molecular complexity index is 1390. The second-order valence-corrected chi connectivity index (χ2v) is 10.6. The summed E-state index contributed by atoms with van der Waals surface area (Å²) in [5, 5.41) is 4.93. The Balaban J connectivity index is 1.55. The van der Waals surface area contributed by atoms with Gasteiger partial charge in [0.1, 0.15) is 5.75 Å². The van der Waals surface area contributed by atoms with Crippen LogP contribution in [0.2, 0.25) is 5.02 Å². The maximum absolute atomic E-state index is 13.8. The third-order valence-electron chi connectivity index (χ3n) is 7.01. The molecule has 9 heteroatoms. The van der Waals surface area contributed by atoms with Crippen molar-refractivity contribution >= 4 is 17.5 Å². The highest BCUT2D eigenvalue weighted by atomic mass is 35.5. The molecule has 36 heavy (non-hydrogen) atoms. The fraction of sp³-hybridized carbons (Fsp3) is 0.444. The Morgan fingerprint density at radius 3 is 2.64 bits per heavy atom. The van der Waals surface area contributed by atoms with Crippen molar-refractivity contribution in [3.8, 4) is 16.9 Å². The number of carbonyl (C=O) groups excluding carboxylic acids is 1. The normalized spacial score (nSPS) is 16.4. The van der Waals surface area contributed by atoms with Crippen molar-refractivity contribution in [2.75, 3.05) is 26.7 Å². The molecule has 5 rings (SSSR count). The lowest BCUT2D eigenvalue weighted by molar-refractivity contribution is 0.0725. The largest absolute Gasteiger partial charge is 0.489 e. The van der Waals surface area contributed by atoms with E-state index in [4.69, 9.17) is 16.3 Å². The summed E-state index contributed by atoms with van der Waals surface area (Å²) in [7, 11) is 2.09. The zero-order valence-corrected chi connectivity index (χ0v) is 22.1. The van der Waals surface area contributed by atoms with Crippen LogP contribution < -0.4 is 10.3 Å². The molecule has 0 bridgehead atoms. The van der Waals surface area contributed by atoms with E-state index in [0.717, 1.165) is 41.0 Å². The molecular weight excluding hydrogens is 478 g/mol. The number of likely N-dealkylation sites (tertiary alicyclic amines) is 1. The molecule has 4 heterocycles. The molecule has 2 aromatic heterocycles. The van der Waals surface area contributed by atoms with Crippen LogP contribution in [0, 0.1) is 13.8 Å². The van der Waals surface area contributed by atoms with E-state index in [1.807, 2.05) is 56.9 Å². The molecule has 190 valence electrons. The maximum atomic E-state index is 13.8. The molecule has 0 atom stereocenters. The number of hydrogen-bond acceptors (Lipinski definition) is 5. The number of hydrogen-bond donors (Lipinski definition) is 1. The van der Waals surface area contributed by atoms with Crippen LogP contribution >= 0.6 is 11.6 Å². The van der Waals surface area contributed by atoms with Gasteiger partial charge in [-0.1, -0.05) is 11.6 Å². The van der Waals surface area contributed by atoms with E-state index in [9.17, 15) is 9.59 Å².